The summed E-state index contributed by atoms with van der Waals surface area (Å²) in [6.07, 6.45) is 5.25. The maximum atomic E-state index is 12.0. The lowest BCUT2D eigenvalue weighted by Crippen LogP contribution is -2.44. The molecule has 1 atom stereocenters. The van der Waals surface area contributed by atoms with E-state index in [4.69, 9.17) is 17.3 Å². The van der Waals surface area contributed by atoms with Gasteiger partial charge in [-0.05, 0) is 18.9 Å². The Labute approximate surface area is 118 Å². The molecule has 104 valence electrons. The van der Waals surface area contributed by atoms with E-state index in [1.807, 2.05) is 6.07 Å². The van der Waals surface area contributed by atoms with Gasteiger partial charge in [0.05, 0.1) is 16.6 Å². The number of pyridine rings is 1. The van der Waals surface area contributed by atoms with E-state index in [1.165, 1.54) is 0 Å². The van der Waals surface area contributed by atoms with Gasteiger partial charge in [0, 0.05) is 38.6 Å². The van der Waals surface area contributed by atoms with Crippen LogP contribution in [0.25, 0.3) is 0 Å². The molecule has 3 N–H and O–H groups in total. The molecule has 6 heteroatoms. The van der Waals surface area contributed by atoms with E-state index >= 15 is 0 Å². The Kier molecular flexibility index (Phi) is 4.99. The average Bonchev–Trinajstić information content (AvgIpc) is 2.45. The predicted octanol–water partition coefficient (Wildman–Crippen LogP) is 1.03. The smallest absolute Gasteiger partial charge is 0.224 e. The molecule has 0 saturated carbocycles. The van der Waals surface area contributed by atoms with E-state index in [2.05, 4.69) is 15.2 Å². The second-order valence-electron chi connectivity index (χ2n) is 4.69. The van der Waals surface area contributed by atoms with Crippen molar-refractivity contribution < 1.29 is 4.79 Å². The van der Waals surface area contributed by atoms with E-state index in [0.717, 1.165) is 25.1 Å². The normalized spacial score (nSPS) is 19.3. The van der Waals surface area contributed by atoms with E-state index in [0.29, 0.717) is 24.7 Å². The minimum Gasteiger partial charge on any atom is -0.369 e. The quantitative estimate of drug-likeness (QED) is 0.865. The lowest BCUT2D eigenvalue weighted by molar-refractivity contribution is -0.125. The van der Waals surface area contributed by atoms with E-state index in [-0.39, 0.29) is 11.8 Å². The van der Waals surface area contributed by atoms with Crippen LogP contribution in [0.15, 0.2) is 18.5 Å². The van der Waals surface area contributed by atoms with Crippen molar-refractivity contribution in [3.63, 3.8) is 0 Å². The van der Waals surface area contributed by atoms with Gasteiger partial charge in [-0.15, -0.1) is 0 Å². The molecule has 1 aliphatic rings. The summed E-state index contributed by atoms with van der Waals surface area (Å²) in [4.78, 5) is 18.1. The molecule has 2 rings (SSSR count). The summed E-state index contributed by atoms with van der Waals surface area (Å²) in [5, 5.41) is 3.48. The summed E-state index contributed by atoms with van der Waals surface area (Å²) < 4.78 is 0. The Bertz CT molecular complexity index is 440. The highest BCUT2D eigenvalue weighted by molar-refractivity contribution is 6.33. The number of nitrogens with two attached hydrogens (primary N) is 1. The Morgan fingerprint density at radius 3 is 3.21 bits per heavy atom. The summed E-state index contributed by atoms with van der Waals surface area (Å²) in [6.45, 7) is 2.62. The van der Waals surface area contributed by atoms with Crippen molar-refractivity contribution in [1.82, 2.24) is 10.3 Å². The Morgan fingerprint density at radius 1 is 1.63 bits per heavy atom. The maximum absolute atomic E-state index is 12.0. The number of hydrogen-bond donors (Lipinski definition) is 2. The van der Waals surface area contributed by atoms with Crippen LogP contribution in [0.2, 0.25) is 5.02 Å². The number of rotatable bonds is 4. The van der Waals surface area contributed by atoms with Crippen LogP contribution in [-0.4, -0.2) is 37.1 Å². The van der Waals surface area contributed by atoms with Gasteiger partial charge < -0.3 is 16.0 Å². The summed E-state index contributed by atoms with van der Waals surface area (Å²) in [6, 6.07) is 1.89. The van der Waals surface area contributed by atoms with Gasteiger partial charge in [-0.25, -0.2) is 0 Å². The highest BCUT2D eigenvalue weighted by Gasteiger charge is 2.26. The van der Waals surface area contributed by atoms with Crippen molar-refractivity contribution in [3.05, 3.63) is 23.5 Å². The van der Waals surface area contributed by atoms with Crippen LogP contribution < -0.4 is 16.0 Å². The highest BCUT2D eigenvalue weighted by atomic mass is 35.5. The Hall–Kier alpha value is -1.33. The van der Waals surface area contributed by atoms with Gasteiger partial charge in [-0.2, -0.15) is 0 Å². The molecule has 19 heavy (non-hydrogen) atoms. The highest BCUT2D eigenvalue weighted by Crippen LogP contribution is 2.28. The Morgan fingerprint density at radius 2 is 2.47 bits per heavy atom. The van der Waals surface area contributed by atoms with Crippen molar-refractivity contribution >= 4 is 23.2 Å². The molecule has 1 aliphatic heterocycles. The standard InChI is InChI=1S/C13H19ClN4O/c14-11-8-16-5-3-12(11)18-7-1-2-10(9-18)13(19)17-6-4-15/h3,5,8,10H,1-2,4,6-7,9,15H2,(H,17,19). The zero-order valence-corrected chi connectivity index (χ0v) is 11.6. The number of halogens is 1. The van der Waals surface area contributed by atoms with Gasteiger partial charge in [0.2, 0.25) is 5.91 Å². The maximum Gasteiger partial charge on any atom is 0.224 e. The number of nitrogens with zero attached hydrogens (tertiary/aromatic N) is 2. The summed E-state index contributed by atoms with van der Waals surface area (Å²) in [5.74, 6) is 0.0878. The zero-order valence-electron chi connectivity index (χ0n) is 10.8. The van der Waals surface area contributed by atoms with Crippen LogP contribution in [0, 0.1) is 5.92 Å². The zero-order chi connectivity index (χ0) is 13.7. The number of amides is 1. The van der Waals surface area contributed by atoms with Gasteiger partial charge in [0.1, 0.15) is 0 Å². The molecular weight excluding hydrogens is 264 g/mol. The van der Waals surface area contributed by atoms with Gasteiger partial charge in [0.15, 0.2) is 0 Å². The summed E-state index contributed by atoms with van der Waals surface area (Å²) >= 11 is 6.15. The summed E-state index contributed by atoms with van der Waals surface area (Å²) in [5.41, 5.74) is 6.35. The lowest BCUT2D eigenvalue weighted by atomic mass is 9.96. The number of carbonyl (C=O) groups excluding carboxylic acids is 1. The second-order valence-corrected chi connectivity index (χ2v) is 5.10. The largest absolute Gasteiger partial charge is 0.369 e. The lowest BCUT2D eigenvalue weighted by Gasteiger charge is -2.34. The van der Waals surface area contributed by atoms with Gasteiger partial charge in [0.25, 0.3) is 0 Å². The molecule has 0 bridgehead atoms. The van der Waals surface area contributed by atoms with Crippen molar-refractivity contribution in [2.24, 2.45) is 11.7 Å². The number of hydrogen-bond acceptors (Lipinski definition) is 4. The predicted molar refractivity (Wildman–Crippen MR) is 76.2 cm³/mol. The first-order valence-electron chi connectivity index (χ1n) is 6.54. The van der Waals surface area contributed by atoms with Crippen molar-refractivity contribution in [2.75, 3.05) is 31.1 Å². The Balaban J connectivity index is 2.01. The van der Waals surface area contributed by atoms with Gasteiger partial charge in [-0.1, -0.05) is 11.6 Å². The average molecular weight is 283 g/mol. The van der Waals surface area contributed by atoms with Gasteiger partial charge >= 0.3 is 0 Å². The molecule has 1 saturated heterocycles. The third-order valence-electron chi connectivity index (χ3n) is 3.33. The van der Waals surface area contributed by atoms with E-state index in [9.17, 15) is 4.79 Å². The molecule has 1 unspecified atom stereocenters. The van der Waals surface area contributed by atoms with Crippen molar-refractivity contribution in [3.8, 4) is 0 Å². The molecule has 1 aromatic heterocycles. The first kappa shape index (κ1) is 14.1. The fourth-order valence-electron chi connectivity index (χ4n) is 2.37. The monoisotopic (exact) mass is 282 g/mol. The number of aromatic nitrogens is 1. The topological polar surface area (TPSA) is 71.2 Å². The van der Waals surface area contributed by atoms with Crippen LogP contribution in [0.3, 0.4) is 0 Å². The summed E-state index contributed by atoms with van der Waals surface area (Å²) in [7, 11) is 0. The number of piperidine rings is 1. The van der Waals surface area contributed by atoms with Crippen LogP contribution in [0.5, 0.6) is 0 Å². The number of nitrogens with one attached hydrogen (secondary N) is 1. The van der Waals surface area contributed by atoms with Crippen LogP contribution in [-0.2, 0) is 4.79 Å². The molecule has 5 nitrogen and oxygen atoms in total. The minimum absolute atomic E-state index is 0.00420. The van der Waals surface area contributed by atoms with E-state index in [1.54, 1.807) is 12.4 Å². The number of anilines is 1. The van der Waals surface area contributed by atoms with Gasteiger partial charge in [-0.3, -0.25) is 9.78 Å². The second kappa shape index (κ2) is 6.73. The van der Waals surface area contributed by atoms with Crippen LogP contribution in [0.1, 0.15) is 12.8 Å². The van der Waals surface area contributed by atoms with Crippen LogP contribution >= 0.6 is 11.6 Å². The fraction of sp³-hybridized carbons (Fsp3) is 0.538. The first-order valence-corrected chi connectivity index (χ1v) is 6.92. The third kappa shape index (κ3) is 3.58. The molecule has 0 spiro atoms. The molecular formula is C13H19ClN4O. The fourth-order valence-corrected chi connectivity index (χ4v) is 2.61. The molecule has 1 fully saturated rings. The molecule has 1 aromatic rings. The number of carbonyl (C=O) groups is 1. The third-order valence-corrected chi connectivity index (χ3v) is 3.62. The van der Waals surface area contributed by atoms with E-state index < -0.39 is 0 Å². The SMILES string of the molecule is NCCNC(=O)C1CCCN(c2ccncc2Cl)C1. The minimum atomic E-state index is 0.00420. The first-order chi connectivity index (χ1) is 9.22. The molecule has 0 radical (unpaired) electrons. The van der Waals surface area contributed by atoms with Crippen LogP contribution in [0.4, 0.5) is 5.69 Å². The molecule has 2 heterocycles. The van der Waals surface area contributed by atoms with Crippen molar-refractivity contribution in [2.45, 2.75) is 12.8 Å². The molecule has 1 amide bonds. The molecule has 0 aliphatic carbocycles. The van der Waals surface area contributed by atoms with Crippen molar-refractivity contribution in [1.29, 1.82) is 0 Å². The molecule has 0 aromatic carbocycles.